The topological polar surface area (TPSA) is 79.4 Å². The van der Waals surface area contributed by atoms with Crippen LogP contribution in [0, 0.1) is 0 Å². The van der Waals surface area contributed by atoms with Gasteiger partial charge >= 0.3 is 0 Å². The van der Waals surface area contributed by atoms with E-state index in [9.17, 15) is 9.90 Å². The summed E-state index contributed by atoms with van der Waals surface area (Å²) < 4.78 is 16.5. The summed E-state index contributed by atoms with van der Waals surface area (Å²) in [4.78, 5) is 16.8. The van der Waals surface area contributed by atoms with Gasteiger partial charge in [0.15, 0.2) is 11.5 Å². The molecule has 0 aliphatic carbocycles. The van der Waals surface area contributed by atoms with Gasteiger partial charge in [-0.15, -0.1) is 0 Å². The number of methoxy groups -OCH3 is 2. The molecule has 0 unspecified atom stereocenters. The summed E-state index contributed by atoms with van der Waals surface area (Å²) in [5.74, 6) is 1.03. The molecule has 0 amide bonds. The third-order valence-corrected chi connectivity index (χ3v) is 5.82. The highest BCUT2D eigenvalue weighted by Gasteiger charge is 2.21. The van der Waals surface area contributed by atoms with Crippen LogP contribution in [0.3, 0.4) is 0 Å². The van der Waals surface area contributed by atoms with Gasteiger partial charge in [0.25, 0.3) is 0 Å². The van der Waals surface area contributed by atoms with E-state index in [2.05, 4.69) is 11.9 Å². The smallest absolute Gasteiger partial charge is 0.200 e. The lowest BCUT2D eigenvalue weighted by Crippen LogP contribution is -3.13. The molecule has 158 valence electrons. The van der Waals surface area contributed by atoms with Crippen LogP contribution in [0.1, 0.15) is 5.56 Å². The van der Waals surface area contributed by atoms with Crippen molar-refractivity contribution in [2.75, 3.05) is 47.4 Å². The summed E-state index contributed by atoms with van der Waals surface area (Å²) in [5, 5.41) is 13.0. The van der Waals surface area contributed by atoms with Crippen LogP contribution in [-0.2, 0) is 6.54 Å². The fourth-order valence-corrected chi connectivity index (χ4v) is 3.97. The minimum atomic E-state index is -0.168. The number of piperazine rings is 1. The molecule has 0 saturated carbocycles. The van der Waals surface area contributed by atoms with Crippen LogP contribution in [-0.4, -0.2) is 52.3 Å². The molecule has 2 aromatic carbocycles. The summed E-state index contributed by atoms with van der Waals surface area (Å²) in [6, 6.07) is 8.32. The maximum absolute atomic E-state index is 13.2. The second-order valence-corrected chi connectivity index (χ2v) is 7.70. The van der Waals surface area contributed by atoms with E-state index in [1.54, 1.807) is 38.5 Å². The van der Waals surface area contributed by atoms with Gasteiger partial charge in [-0.05, 0) is 30.8 Å². The molecular weight excluding hydrogens is 384 g/mol. The molecule has 2 heterocycles. The molecule has 1 N–H and O–H groups in total. The summed E-state index contributed by atoms with van der Waals surface area (Å²) in [5.41, 5.74) is 1.88. The zero-order valence-electron chi connectivity index (χ0n) is 17.5. The van der Waals surface area contributed by atoms with Gasteiger partial charge in [0.2, 0.25) is 5.43 Å². The Morgan fingerprint density at radius 3 is 2.53 bits per heavy atom. The maximum atomic E-state index is 13.2. The highest BCUT2D eigenvalue weighted by Crippen LogP contribution is 2.32. The lowest BCUT2D eigenvalue weighted by Gasteiger charge is -2.30. The fraction of sp³-hybridized carbons (Fsp3) is 0.348. The van der Waals surface area contributed by atoms with E-state index >= 15 is 0 Å². The first-order valence-electron chi connectivity index (χ1n) is 10.0. The summed E-state index contributed by atoms with van der Waals surface area (Å²) in [7, 11) is 5.21. The van der Waals surface area contributed by atoms with Gasteiger partial charge in [0, 0.05) is 18.7 Å². The molecular formula is C23H26N2O5. The summed E-state index contributed by atoms with van der Waals surface area (Å²) >= 11 is 0. The van der Waals surface area contributed by atoms with E-state index in [0.717, 1.165) is 26.2 Å². The molecule has 0 atom stereocenters. The standard InChI is InChI=1S/C23H26N2O5/c1-24-8-10-25(11-9-24)13-17-19(26)6-5-16-22(27)18(14-30-23(16)17)15-4-7-20(28-2)21(12-15)29-3/h4-7,12,14,26H,8-11,13H2,1-3H3. The van der Waals surface area contributed by atoms with Crippen molar-refractivity contribution in [3.05, 3.63) is 52.4 Å². The van der Waals surface area contributed by atoms with Gasteiger partial charge in [0.05, 0.1) is 38.3 Å². The van der Waals surface area contributed by atoms with Crippen LogP contribution < -0.4 is 24.9 Å². The molecule has 1 fully saturated rings. The molecule has 0 spiro atoms. The quantitative estimate of drug-likeness (QED) is 0.673. The lowest BCUT2D eigenvalue weighted by molar-refractivity contribution is -0.918. The molecule has 3 aromatic rings. The molecule has 4 rings (SSSR count). The van der Waals surface area contributed by atoms with E-state index in [1.807, 2.05) is 0 Å². The van der Waals surface area contributed by atoms with Gasteiger partial charge in [-0.2, -0.15) is 0 Å². The third kappa shape index (κ3) is 3.74. The SMILES string of the molecule is COc1ccc(-c2coc3c(C[NH+]4CCN(C)CC4)c([O-])ccc3c2=O)cc1OC. The predicted molar refractivity (Wildman–Crippen MR) is 112 cm³/mol. The van der Waals surface area contributed by atoms with E-state index in [4.69, 9.17) is 13.9 Å². The lowest BCUT2D eigenvalue weighted by atomic mass is 10.0. The predicted octanol–water partition coefficient (Wildman–Crippen LogP) is 0.881. The van der Waals surface area contributed by atoms with Crippen LogP contribution in [0.25, 0.3) is 22.1 Å². The minimum Gasteiger partial charge on any atom is -0.872 e. The number of benzene rings is 2. The Bertz CT molecular complexity index is 1120. The Morgan fingerprint density at radius 2 is 1.83 bits per heavy atom. The van der Waals surface area contributed by atoms with Crippen LogP contribution in [0.5, 0.6) is 17.2 Å². The Hall–Kier alpha value is -3.03. The number of nitrogens with zero attached hydrogens (tertiary/aromatic N) is 1. The van der Waals surface area contributed by atoms with Crippen LogP contribution in [0.4, 0.5) is 0 Å². The van der Waals surface area contributed by atoms with Crippen molar-refractivity contribution in [1.29, 1.82) is 0 Å². The Morgan fingerprint density at radius 1 is 1.10 bits per heavy atom. The largest absolute Gasteiger partial charge is 0.872 e. The monoisotopic (exact) mass is 410 g/mol. The van der Waals surface area contributed by atoms with E-state index < -0.39 is 0 Å². The Balaban J connectivity index is 1.75. The molecule has 0 radical (unpaired) electrons. The molecule has 30 heavy (non-hydrogen) atoms. The molecule has 1 saturated heterocycles. The molecule has 7 heteroatoms. The molecule has 1 aliphatic heterocycles. The van der Waals surface area contributed by atoms with Gasteiger partial charge in [0.1, 0.15) is 18.4 Å². The summed E-state index contributed by atoms with van der Waals surface area (Å²) in [6.45, 7) is 4.45. The van der Waals surface area contributed by atoms with Crippen molar-refractivity contribution in [3.8, 4) is 28.4 Å². The zero-order chi connectivity index (χ0) is 21.3. The number of ether oxygens (including phenoxy) is 2. The number of nitrogens with one attached hydrogen (secondary N) is 1. The first-order chi connectivity index (χ1) is 14.5. The average molecular weight is 410 g/mol. The Kier molecular flexibility index (Phi) is 5.65. The van der Waals surface area contributed by atoms with Crippen LogP contribution in [0.2, 0.25) is 0 Å². The van der Waals surface area contributed by atoms with Gasteiger partial charge in [-0.1, -0.05) is 17.9 Å². The molecule has 1 aliphatic rings. The Labute approximate surface area is 175 Å². The van der Waals surface area contributed by atoms with E-state index in [-0.39, 0.29) is 11.2 Å². The van der Waals surface area contributed by atoms with Gasteiger partial charge < -0.3 is 23.9 Å². The first-order valence-corrected chi connectivity index (χ1v) is 10.0. The molecule has 7 nitrogen and oxygen atoms in total. The maximum Gasteiger partial charge on any atom is 0.200 e. The molecule has 1 aromatic heterocycles. The van der Waals surface area contributed by atoms with Crippen LogP contribution >= 0.6 is 0 Å². The third-order valence-electron chi connectivity index (χ3n) is 5.82. The van der Waals surface area contributed by atoms with Gasteiger partial charge in [-0.25, -0.2) is 0 Å². The van der Waals surface area contributed by atoms with Crippen molar-refractivity contribution in [3.63, 3.8) is 0 Å². The number of likely N-dealkylation sites (N-methyl/N-ethyl adjacent to an activating group) is 1. The number of hydrogen-bond acceptors (Lipinski definition) is 6. The highest BCUT2D eigenvalue weighted by atomic mass is 16.5. The van der Waals surface area contributed by atoms with E-state index in [0.29, 0.717) is 45.7 Å². The minimum absolute atomic E-state index is 0.0871. The van der Waals surface area contributed by atoms with Gasteiger partial charge in [-0.3, -0.25) is 9.69 Å². The second-order valence-electron chi connectivity index (χ2n) is 7.70. The van der Waals surface area contributed by atoms with Crippen molar-refractivity contribution in [2.24, 2.45) is 0 Å². The number of rotatable bonds is 5. The normalized spacial score (nSPS) is 15.4. The number of quaternary nitrogens is 1. The first kappa shape index (κ1) is 20.3. The van der Waals surface area contributed by atoms with E-state index in [1.165, 1.54) is 17.2 Å². The second kappa shape index (κ2) is 8.38. The number of fused-ring (bicyclic) bond motifs is 1. The zero-order valence-corrected chi connectivity index (χ0v) is 17.5. The van der Waals surface area contributed by atoms with Crippen molar-refractivity contribution in [2.45, 2.75) is 6.54 Å². The van der Waals surface area contributed by atoms with Crippen LogP contribution in [0.15, 0.2) is 45.8 Å². The van der Waals surface area contributed by atoms with Crippen molar-refractivity contribution < 1.29 is 23.9 Å². The average Bonchev–Trinajstić information content (AvgIpc) is 2.77. The number of hydrogen-bond donors (Lipinski definition) is 1. The van der Waals surface area contributed by atoms with Crippen molar-refractivity contribution >= 4 is 11.0 Å². The summed E-state index contributed by atoms with van der Waals surface area (Å²) in [6.07, 6.45) is 1.44. The highest BCUT2D eigenvalue weighted by molar-refractivity contribution is 5.85. The fourth-order valence-electron chi connectivity index (χ4n) is 3.97. The molecule has 0 bridgehead atoms. The van der Waals surface area contributed by atoms with Crippen molar-refractivity contribution in [1.82, 2.24) is 4.90 Å².